The zero-order chi connectivity index (χ0) is 9.26. The summed E-state index contributed by atoms with van der Waals surface area (Å²) in [5.74, 6) is 1.78. The normalized spacial score (nSPS) is 39.5. The minimum Gasteiger partial charge on any atom is -0.328 e. The number of allylic oxidation sites excluding steroid dienone is 2. The van der Waals surface area contributed by atoms with Gasteiger partial charge in [-0.15, -0.1) is 0 Å². The molecular weight excluding hydrogens is 158 g/mol. The molecule has 0 aromatic carbocycles. The van der Waals surface area contributed by atoms with E-state index in [9.17, 15) is 0 Å². The van der Waals surface area contributed by atoms with Gasteiger partial charge in [-0.2, -0.15) is 0 Å². The molecule has 0 saturated heterocycles. The van der Waals surface area contributed by atoms with Crippen molar-refractivity contribution in [2.24, 2.45) is 17.6 Å². The van der Waals surface area contributed by atoms with Crippen molar-refractivity contribution in [3.8, 4) is 0 Å². The SMILES string of the molecule is CCC1CC[C@@H](N)CCC2C=C2C1. The molecule has 2 aliphatic carbocycles. The Hall–Kier alpha value is -0.300. The van der Waals surface area contributed by atoms with Crippen LogP contribution in [0.15, 0.2) is 11.6 Å². The fraction of sp³-hybridized carbons (Fsp3) is 0.833. The maximum Gasteiger partial charge on any atom is 0.00392 e. The maximum absolute atomic E-state index is 6.05. The van der Waals surface area contributed by atoms with Crippen LogP contribution in [0.2, 0.25) is 0 Å². The lowest BCUT2D eigenvalue weighted by Crippen LogP contribution is -2.20. The Labute approximate surface area is 81.4 Å². The average Bonchev–Trinajstić information content (AvgIpc) is 2.86. The first-order chi connectivity index (χ1) is 6.29. The predicted octanol–water partition coefficient (Wildman–Crippen LogP) is 2.86. The quantitative estimate of drug-likeness (QED) is 0.615. The maximum atomic E-state index is 6.05. The molecule has 13 heavy (non-hydrogen) atoms. The molecule has 2 N–H and O–H groups in total. The summed E-state index contributed by atoms with van der Waals surface area (Å²) in [6, 6.07) is 0.474. The second kappa shape index (κ2) is 3.83. The lowest BCUT2D eigenvalue weighted by Gasteiger charge is -2.14. The highest BCUT2D eigenvalue weighted by molar-refractivity contribution is 5.29. The number of rotatable bonds is 1. The molecule has 0 aliphatic heterocycles. The second-order valence-corrected chi connectivity index (χ2v) is 4.74. The molecule has 1 saturated carbocycles. The van der Waals surface area contributed by atoms with E-state index in [0.29, 0.717) is 6.04 Å². The van der Waals surface area contributed by atoms with Gasteiger partial charge in [-0.05, 0) is 43.9 Å². The molecule has 1 fully saturated rings. The van der Waals surface area contributed by atoms with E-state index in [2.05, 4.69) is 13.0 Å². The highest BCUT2D eigenvalue weighted by atomic mass is 14.6. The number of fused-ring (bicyclic) bond motifs is 1. The Bertz CT molecular complexity index is 205. The van der Waals surface area contributed by atoms with E-state index < -0.39 is 0 Å². The van der Waals surface area contributed by atoms with Crippen LogP contribution in [-0.2, 0) is 0 Å². The van der Waals surface area contributed by atoms with E-state index in [1.807, 2.05) is 0 Å². The van der Waals surface area contributed by atoms with E-state index in [1.54, 1.807) is 5.57 Å². The van der Waals surface area contributed by atoms with Crippen molar-refractivity contribution in [3.63, 3.8) is 0 Å². The van der Waals surface area contributed by atoms with E-state index in [1.165, 1.54) is 38.5 Å². The molecule has 2 rings (SSSR count). The first-order valence-electron chi connectivity index (χ1n) is 5.75. The minimum atomic E-state index is 0.474. The van der Waals surface area contributed by atoms with Crippen LogP contribution in [0.25, 0.3) is 0 Å². The summed E-state index contributed by atoms with van der Waals surface area (Å²) in [6.45, 7) is 2.31. The lowest BCUT2D eigenvalue weighted by molar-refractivity contribution is 0.426. The van der Waals surface area contributed by atoms with Crippen molar-refractivity contribution in [1.82, 2.24) is 0 Å². The fourth-order valence-corrected chi connectivity index (χ4v) is 2.47. The molecule has 2 aliphatic rings. The molecule has 0 radical (unpaired) electrons. The van der Waals surface area contributed by atoms with Gasteiger partial charge < -0.3 is 5.73 Å². The smallest absolute Gasteiger partial charge is 0.00392 e. The van der Waals surface area contributed by atoms with Gasteiger partial charge in [0.1, 0.15) is 0 Å². The molecule has 2 unspecified atom stereocenters. The molecule has 0 heterocycles. The van der Waals surface area contributed by atoms with Crippen LogP contribution in [0.4, 0.5) is 0 Å². The summed E-state index contributed by atoms with van der Waals surface area (Å²) in [7, 11) is 0. The van der Waals surface area contributed by atoms with Crippen molar-refractivity contribution in [3.05, 3.63) is 11.6 Å². The standard InChI is InChI=1S/C12H21N/c1-2-9-3-5-12(13)6-4-10-8-11(10)7-9/h8-10,12H,2-7,13H2,1H3/t9?,10?,12-/m1/s1. The number of nitrogens with two attached hydrogens (primary N) is 1. The van der Waals surface area contributed by atoms with E-state index in [4.69, 9.17) is 5.73 Å². The topological polar surface area (TPSA) is 26.0 Å². The van der Waals surface area contributed by atoms with Crippen LogP contribution in [0.3, 0.4) is 0 Å². The highest BCUT2D eigenvalue weighted by Gasteiger charge is 2.28. The van der Waals surface area contributed by atoms with Gasteiger partial charge in [-0.25, -0.2) is 0 Å². The highest BCUT2D eigenvalue weighted by Crippen LogP contribution is 2.41. The number of hydrogen-bond acceptors (Lipinski definition) is 1. The summed E-state index contributed by atoms with van der Waals surface area (Å²) in [5.41, 5.74) is 7.79. The third-order valence-electron chi connectivity index (χ3n) is 3.68. The van der Waals surface area contributed by atoms with Crippen molar-refractivity contribution in [2.45, 2.75) is 51.5 Å². The van der Waals surface area contributed by atoms with E-state index in [0.717, 1.165) is 11.8 Å². The molecule has 0 aromatic heterocycles. The Morgan fingerprint density at radius 3 is 2.85 bits per heavy atom. The monoisotopic (exact) mass is 179 g/mol. The second-order valence-electron chi connectivity index (χ2n) is 4.74. The first kappa shape index (κ1) is 9.26. The molecule has 1 heteroatoms. The van der Waals surface area contributed by atoms with E-state index in [-0.39, 0.29) is 0 Å². The third kappa shape index (κ3) is 2.34. The summed E-state index contributed by atoms with van der Waals surface area (Å²) >= 11 is 0. The van der Waals surface area contributed by atoms with Gasteiger partial charge in [0.2, 0.25) is 0 Å². The average molecular weight is 179 g/mol. The Morgan fingerprint density at radius 1 is 1.31 bits per heavy atom. The van der Waals surface area contributed by atoms with Gasteiger partial charge in [0.15, 0.2) is 0 Å². The Morgan fingerprint density at radius 2 is 2.08 bits per heavy atom. The van der Waals surface area contributed by atoms with Gasteiger partial charge in [-0.3, -0.25) is 0 Å². The van der Waals surface area contributed by atoms with Crippen molar-refractivity contribution in [2.75, 3.05) is 0 Å². The molecule has 0 spiro atoms. The molecular formula is C12H21N. The van der Waals surface area contributed by atoms with Crippen LogP contribution in [0.1, 0.15) is 45.4 Å². The zero-order valence-corrected chi connectivity index (χ0v) is 8.63. The zero-order valence-electron chi connectivity index (χ0n) is 8.63. The minimum absolute atomic E-state index is 0.474. The van der Waals surface area contributed by atoms with Gasteiger partial charge in [0.25, 0.3) is 0 Å². The molecule has 3 atom stereocenters. The van der Waals surface area contributed by atoms with Crippen molar-refractivity contribution >= 4 is 0 Å². The number of hydrogen-bond donors (Lipinski definition) is 1. The summed E-state index contributed by atoms with van der Waals surface area (Å²) < 4.78 is 0. The van der Waals surface area contributed by atoms with Gasteiger partial charge >= 0.3 is 0 Å². The lowest BCUT2D eigenvalue weighted by atomic mass is 9.94. The van der Waals surface area contributed by atoms with Gasteiger partial charge in [0.05, 0.1) is 0 Å². The Balaban J connectivity index is 1.91. The summed E-state index contributed by atoms with van der Waals surface area (Å²) in [4.78, 5) is 0. The van der Waals surface area contributed by atoms with Crippen molar-refractivity contribution < 1.29 is 0 Å². The fourth-order valence-electron chi connectivity index (χ4n) is 2.47. The van der Waals surface area contributed by atoms with Crippen LogP contribution < -0.4 is 5.73 Å². The third-order valence-corrected chi connectivity index (χ3v) is 3.68. The van der Waals surface area contributed by atoms with Crippen LogP contribution in [-0.4, -0.2) is 6.04 Å². The largest absolute Gasteiger partial charge is 0.328 e. The van der Waals surface area contributed by atoms with Crippen LogP contribution in [0, 0.1) is 11.8 Å². The molecule has 0 aromatic rings. The molecule has 0 amide bonds. The predicted molar refractivity (Wildman–Crippen MR) is 56.4 cm³/mol. The van der Waals surface area contributed by atoms with Crippen molar-refractivity contribution in [1.29, 1.82) is 0 Å². The van der Waals surface area contributed by atoms with Gasteiger partial charge in [0, 0.05) is 6.04 Å². The van der Waals surface area contributed by atoms with Crippen LogP contribution in [0.5, 0.6) is 0 Å². The molecule has 74 valence electrons. The van der Waals surface area contributed by atoms with Gasteiger partial charge in [-0.1, -0.05) is 25.0 Å². The molecule has 1 nitrogen and oxygen atoms in total. The first-order valence-corrected chi connectivity index (χ1v) is 5.75. The van der Waals surface area contributed by atoms with Crippen LogP contribution >= 0.6 is 0 Å². The van der Waals surface area contributed by atoms with E-state index >= 15 is 0 Å². The summed E-state index contributed by atoms with van der Waals surface area (Å²) in [5, 5.41) is 0. The Kier molecular flexibility index (Phi) is 2.73. The summed E-state index contributed by atoms with van der Waals surface area (Å²) in [6.07, 6.45) is 10.3. The molecule has 0 bridgehead atoms.